The van der Waals surface area contributed by atoms with Gasteiger partial charge in [0.05, 0.1) is 0 Å². The van der Waals surface area contributed by atoms with Crippen LogP contribution in [0.5, 0.6) is 11.5 Å². The minimum atomic E-state index is -2.80. The summed E-state index contributed by atoms with van der Waals surface area (Å²) in [6.07, 6.45) is 0. The van der Waals surface area contributed by atoms with Crippen LogP contribution in [0.3, 0.4) is 0 Å². The predicted octanol–water partition coefficient (Wildman–Crippen LogP) is 8.34. The van der Waals surface area contributed by atoms with Crippen LogP contribution in [0.25, 0.3) is 0 Å². The standard InChI is InChI=1S/C28H43O3P.Li/c1-25(2,3)19-13-15-23(21(17-19)27(7,8)9)30-32(29)31-24-16-14-20(26(4,5)6)18-22(24)28(10,11)12;/h13-18,32H,1-12H3;. The van der Waals surface area contributed by atoms with Crippen LogP contribution in [-0.2, 0) is 26.2 Å². The van der Waals surface area contributed by atoms with Gasteiger partial charge in [0.1, 0.15) is 11.5 Å². The van der Waals surface area contributed by atoms with Crippen molar-refractivity contribution in [2.45, 2.75) is 105 Å². The van der Waals surface area contributed by atoms with Crippen LogP contribution < -0.4 is 9.05 Å². The van der Waals surface area contributed by atoms with E-state index in [1.807, 2.05) is 12.1 Å². The van der Waals surface area contributed by atoms with Gasteiger partial charge in [0, 0.05) is 30.0 Å². The summed E-state index contributed by atoms with van der Waals surface area (Å²) in [5.41, 5.74) is 4.27. The smallest absolute Gasteiger partial charge is 0.418 e. The zero-order chi connectivity index (χ0) is 24.7. The number of rotatable bonds is 4. The SMILES string of the molecule is CC(C)(C)c1ccc(O[PH](=O)Oc2ccc(C(C)(C)C)cc2C(C)(C)C)c(C(C)(C)C)c1.[Li]. The Morgan fingerprint density at radius 1 is 0.545 bits per heavy atom. The first-order chi connectivity index (χ1) is 14.3. The van der Waals surface area contributed by atoms with Crippen molar-refractivity contribution in [1.82, 2.24) is 0 Å². The quantitative estimate of drug-likeness (QED) is 0.336. The molecule has 0 N–H and O–H groups in total. The van der Waals surface area contributed by atoms with Crippen molar-refractivity contribution in [3.05, 3.63) is 58.7 Å². The Kier molecular flexibility index (Phi) is 9.27. The molecule has 0 spiro atoms. The molecule has 0 heterocycles. The summed E-state index contributed by atoms with van der Waals surface area (Å²) in [4.78, 5) is 0. The fourth-order valence-corrected chi connectivity index (χ4v) is 4.30. The summed E-state index contributed by atoms with van der Waals surface area (Å²) < 4.78 is 24.9. The third-order valence-electron chi connectivity index (χ3n) is 5.69. The third kappa shape index (κ3) is 7.95. The van der Waals surface area contributed by atoms with E-state index in [0.717, 1.165) is 11.1 Å². The Hall–Kier alpha value is -1.13. The van der Waals surface area contributed by atoms with Crippen LogP contribution in [0, 0.1) is 0 Å². The van der Waals surface area contributed by atoms with Gasteiger partial charge in [0.15, 0.2) is 0 Å². The maximum absolute atomic E-state index is 13.0. The van der Waals surface area contributed by atoms with Crippen molar-refractivity contribution in [3.8, 4) is 11.5 Å². The Labute approximate surface area is 215 Å². The molecule has 0 aliphatic carbocycles. The van der Waals surface area contributed by atoms with E-state index < -0.39 is 8.25 Å². The first-order valence-corrected chi connectivity index (χ1v) is 12.7. The van der Waals surface area contributed by atoms with Crippen molar-refractivity contribution in [1.29, 1.82) is 0 Å². The van der Waals surface area contributed by atoms with E-state index >= 15 is 0 Å². The summed E-state index contributed by atoms with van der Waals surface area (Å²) in [5.74, 6) is 1.25. The molecule has 5 heteroatoms. The Morgan fingerprint density at radius 2 is 0.848 bits per heavy atom. The zero-order valence-electron chi connectivity index (χ0n) is 23.2. The second kappa shape index (κ2) is 10.2. The molecule has 0 aliphatic heterocycles. The van der Waals surface area contributed by atoms with E-state index in [1.54, 1.807) is 0 Å². The molecular weight excluding hydrogens is 422 g/mol. The van der Waals surface area contributed by atoms with Gasteiger partial charge in [-0.05, 0) is 44.9 Å². The summed E-state index contributed by atoms with van der Waals surface area (Å²) in [5, 5.41) is 0. The van der Waals surface area contributed by atoms with Crippen molar-refractivity contribution < 1.29 is 13.6 Å². The first-order valence-electron chi connectivity index (χ1n) is 11.5. The molecular formula is C28H43LiO3P. The average molecular weight is 466 g/mol. The third-order valence-corrected chi connectivity index (χ3v) is 6.47. The van der Waals surface area contributed by atoms with Crippen molar-refractivity contribution in [3.63, 3.8) is 0 Å². The van der Waals surface area contributed by atoms with Crippen LogP contribution in [-0.4, -0.2) is 18.9 Å². The Bertz CT molecular complexity index is 905. The number of hydrogen-bond acceptors (Lipinski definition) is 3. The average Bonchev–Trinajstić information content (AvgIpc) is 2.58. The van der Waals surface area contributed by atoms with Crippen molar-refractivity contribution in [2.24, 2.45) is 0 Å². The minimum absolute atomic E-state index is 0. The van der Waals surface area contributed by atoms with E-state index in [-0.39, 0.29) is 40.5 Å². The van der Waals surface area contributed by atoms with E-state index in [0.29, 0.717) is 11.5 Å². The van der Waals surface area contributed by atoms with Crippen LogP contribution in [0.15, 0.2) is 36.4 Å². The van der Waals surface area contributed by atoms with E-state index in [2.05, 4.69) is 107 Å². The van der Waals surface area contributed by atoms with Crippen LogP contribution >= 0.6 is 8.25 Å². The van der Waals surface area contributed by atoms with E-state index in [1.165, 1.54) is 11.1 Å². The second-order valence-electron chi connectivity index (χ2n) is 12.9. The zero-order valence-corrected chi connectivity index (χ0v) is 24.2. The van der Waals surface area contributed by atoms with Crippen molar-refractivity contribution in [2.75, 3.05) is 0 Å². The maximum atomic E-state index is 13.0. The number of hydrogen-bond donors (Lipinski definition) is 0. The predicted molar refractivity (Wildman–Crippen MR) is 144 cm³/mol. The first kappa shape index (κ1) is 29.9. The maximum Gasteiger partial charge on any atom is 0.418 e. The van der Waals surface area contributed by atoms with Gasteiger partial charge in [-0.15, -0.1) is 0 Å². The summed E-state index contributed by atoms with van der Waals surface area (Å²) in [6, 6.07) is 12.3. The fourth-order valence-electron chi connectivity index (χ4n) is 3.54. The minimum Gasteiger partial charge on any atom is -0.418 e. The molecule has 0 unspecified atom stereocenters. The summed E-state index contributed by atoms with van der Waals surface area (Å²) in [7, 11) is -2.80. The normalized spacial score (nSPS) is 13.0. The van der Waals surface area contributed by atoms with Gasteiger partial charge in [0.2, 0.25) is 0 Å². The largest absolute Gasteiger partial charge is 0.418 e. The van der Waals surface area contributed by atoms with E-state index in [4.69, 9.17) is 9.05 Å². The van der Waals surface area contributed by atoms with E-state index in [9.17, 15) is 4.57 Å². The Balaban J connectivity index is 0.00000544. The molecule has 0 fully saturated rings. The van der Waals surface area contributed by atoms with Gasteiger partial charge < -0.3 is 9.05 Å². The molecule has 33 heavy (non-hydrogen) atoms. The molecule has 1 radical (unpaired) electrons. The second-order valence-corrected chi connectivity index (χ2v) is 13.8. The molecule has 2 aromatic carbocycles. The van der Waals surface area contributed by atoms with Gasteiger partial charge in [-0.2, -0.15) is 0 Å². The molecule has 0 aliphatic rings. The summed E-state index contributed by atoms with van der Waals surface area (Å²) >= 11 is 0. The van der Waals surface area contributed by atoms with Crippen LogP contribution in [0.1, 0.15) is 105 Å². The molecule has 2 aromatic rings. The molecule has 179 valence electrons. The van der Waals surface area contributed by atoms with Gasteiger partial charge >= 0.3 is 8.25 Å². The monoisotopic (exact) mass is 465 g/mol. The number of benzene rings is 2. The van der Waals surface area contributed by atoms with Gasteiger partial charge in [0.25, 0.3) is 0 Å². The molecule has 0 aromatic heterocycles. The molecule has 0 atom stereocenters. The molecule has 0 saturated heterocycles. The molecule has 0 saturated carbocycles. The topological polar surface area (TPSA) is 35.5 Å². The van der Waals surface area contributed by atoms with Crippen molar-refractivity contribution >= 4 is 27.1 Å². The molecule has 0 amide bonds. The molecule has 2 rings (SSSR count). The van der Waals surface area contributed by atoms with Gasteiger partial charge in [-0.25, -0.2) is 4.57 Å². The van der Waals surface area contributed by atoms with Gasteiger partial charge in [-0.1, -0.05) is 107 Å². The molecule has 0 bridgehead atoms. The summed E-state index contributed by atoms with van der Waals surface area (Å²) in [6.45, 7) is 26.0. The fraction of sp³-hybridized carbons (Fsp3) is 0.571. The van der Waals surface area contributed by atoms with Crippen LogP contribution in [0.2, 0.25) is 0 Å². The van der Waals surface area contributed by atoms with Crippen LogP contribution in [0.4, 0.5) is 0 Å². The Morgan fingerprint density at radius 3 is 1.09 bits per heavy atom. The molecule has 3 nitrogen and oxygen atoms in total. The van der Waals surface area contributed by atoms with Gasteiger partial charge in [-0.3, -0.25) is 0 Å².